The molecule has 3 aromatic rings. The normalized spacial score (nSPS) is 16.1. The predicted octanol–water partition coefficient (Wildman–Crippen LogP) is 1.39. The maximum absolute atomic E-state index is 13.0. The van der Waals surface area contributed by atoms with Crippen LogP contribution in [0.15, 0.2) is 60.3 Å². The zero-order valence-electron chi connectivity index (χ0n) is 13.3. The number of carbonyl (C=O) groups is 1. The molecule has 0 aromatic carbocycles. The minimum absolute atomic E-state index is 0.256. The summed E-state index contributed by atoms with van der Waals surface area (Å²) in [5, 5.41) is 17.6. The molecule has 0 unspecified atom stereocenters. The van der Waals surface area contributed by atoms with E-state index in [0.29, 0.717) is 22.9 Å². The predicted molar refractivity (Wildman–Crippen MR) is 89.4 cm³/mol. The summed E-state index contributed by atoms with van der Waals surface area (Å²) in [5.41, 5.74) is 2.61. The Hall–Kier alpha value is -3.62. The lowest BCUT2D eigenvalue weighted by molar-refractivity contribution is -0.113. The van der Waals surface area contributed by atoms with Gasteiger partial charge in [0.1, 0.15) is 6.04 Å². The summed E-state index contributed by atoms with van der Waals surface area (Å²) in [4.78, 5) is 21.1. The molecule has 1 atom stereocenters. The topological polar surface area (TPSA) is 111 Å². The molecule has 0 saturated carbocycles. The zero-order chi connectivity index (χ0) is 17.2. The highest BCUT2D eigenvalue weighted by molar-refractivity contribution is 6.05. The van der Waals surface area contributed by atoms with Crippen LogP contribution in [-0.2, 0) is 4.79 Å². The third kappa shape index (κ3) is 2.71. The van der Waals surface area contributed by atoms with E-state index in [9.17, 15) is 4.79 Å². The van der Waals surface area contributed by atoms with Gasteiger partial charge in [-0.1, -0.05) is 11.2 Å². The number of rotatable bonds is 3. The van der Waals surface area contributed by atoms with E-state index in [1.165, 1.54) is 0 Å². The average Bonchev–Trinajstić information content (AvgIpc) is 3.10. The molecule has 0 fully saturated rings. The number of tetrazole rings is 1. The number of anilines is 2. The van der Waals surface area contributed by atoms with Crippen molar-refractivity contribution >= 4 is 17.5 Å². The first-order chi connectivity index (χ1) is 12.2. The van der Waals surface area contributed by atoms with Gasteiger partial charge in [0.15, 0.2) is 0 Å². The minimum Gasteiger partial charge on any atom is -0.326 e. The first kappa shape index (κ1) is 14.9. The second-order valence-corrected chi connectivity index (χ2v) is 5.50. The molecule has 0 radical (unpaired) electrons. The van der Waals surface area contributed by atoms with Crippen LogP contribution in [0.1, 0.15) is 18.5 Å². The van der Waals surface area contributed by atoms with Crippen molar-refractivity contribution in [1.29, 1.82) is 0 Å². The molecule has 1 aliphatic rings. The molecule has 0 aliphatic carbocycles. The Morgan fingerprint density at radius 2 is 2.00 bits per heavy atom. The molecule has 0 bridgehead atoms. The van der Waals surface area contributed by atoms with Crippen LogP contribution in [0.25, 0.3) is 0 Å². The summed E-state index contributed by atoms with van der Waals surface area (Å²) < 4.78 is 1.57. The summed E-state index contributed by atoms with van der Waals surface area (Å²) in [6.07, 6.45) is 6.61. The zero-order valence-corrected chi connectivity index (χ0v) is 13.3. The van der Waals surface area contributed by atoms with Crippen LogP contribution in [0.3, 0.4) is 0 Å². The smallest absolute Gasteiger partial charge is 0.255 e. The monoisotopic (exact) mass is 334 g/mol. The molecule has 2 N–H and O–H groups in total. The Balaban J connectivity index is 1.77. The van der Waals surface area contributed by atoms with Gasteiger partial charge < -0.3 is 10.6 Å². The molecule has 1 amide bonds. The summed E-state index contributed by atoms with van der Waals surface area (Å²) in [5.74, 6) is 0.220. The summed E-state index contributed by atoms with van der Waals surface area (Å²) in [7, 11) is 0. The molecule has 9 nitrogen and oxygen atoms in total. The van der Waals surface area contributed by atoms with Crippen LogP contribution in [0.2, 0.25) is 0 Å². The second-order valence-electron chi connectivity index (χ2n) is 5.50. The van der Waals surface area contributed by atoms with E-state index in [1.807, 2.05) is 19.1 Å². The van der Waals surface area contributed by atoms with Crippen LogP contribution in [0.5, 0.6) is 0 Å². The third-order valence-corrected chi connectivity index (χ3v) is 3.88. The molecule has 4 heterocycles. The van der Waals surface area contributed by atoms with Gasteiger partial charge in [0, 0.05) is 24.3 Å². The number of aromatic nitrogens is 6. The van der Waals surface area contributed by atoms with Gasteiger partial charge in [-0.3, -0.25) is 14.8 Å². The Kier molecular flexibility index (Phi) is 3.65. The van der Waals surface area contributed by atoms with Gasteiger partial charge in [0.05, 0.1) is 17.5 Å². The molecule has 25 heavy (non-hydrogen) atoms. The summed E-state index contributed by atoms with van der Waals surface area (Å²) >= 11 is 0. The number of hydrogen-bond donors (Lipinski definition) is 2. The number of fused-ring (bicyclic) bond motifs is 1. The van der Waals surface area contributed by atoms with Crippen molar-refractivity contribution in [1.82, 2.24) is 30.2 Å². The first-order valence-electron chi connectivity index (χ1n) is 7.61. The fourth-order valence-electron chi connectivity index (χ4n) is 2.79. The van der Waals surface area contributed by atoms with E-state index in [4.69, 9.17) is 0 Å². The van der Waals surface area contributed by atoms with Crippen molar-refractivity contribution in [2.24, 2.45) is 0 Å². The van der Waals surface area contributed by atoms with Crippen molar-refractivity contribution in [3.05, 3.63) is 65.9 Å². The lowest BCUT2D eigenvalue weighted by atomic mass is 9.96. The summed E-state index contributed by atoms with van der Waals surface area (Å²) in [6.45, 7) is 1.82. The van der Waals surface area contributed by atoms with E-state index in [-0.39, 0.29) is 5.91 Å². The Morgan fingerprint density at radius 1 is 1.20 bits per heavy atom. The maximum Gasteiger partial charge on any atom is 0.255 e. The number of hydrogen-bond acceptors (Lipinski definition) is 7. The van der Waals surface area contributed by atoms with Crippen molar-refractivity contribution in [2.45, 2.75) is 13.0 Å². The molecule has 124 valence electrons. The lowest BCUT2D eigenvalue weighted by Crippen LogP contribution is -2.31. The van der Waals surface area contributed by atoms with E-state index >= 15 is 0 Å². The van der Waals surface area contributed by atoms with Crippen molar-refractivity contribution in [2.75, 3.05) is 10.6 Å². The highest BCUT2D eigenvalue weighted by atomic mass is 16.1. The molecular weight excluding hydrogens is 320 g/mol. The molecule has 4 rings (SSSR count). The average molecular weight is 334 g/mol. The Morgan fingerprint density at radius 3 is 2.72 bits per heavy atom. The van der Waals surface area contributed by atoms with Crippen LogP contribution in [0, 0.1) is 0 Å². The van der Waals surface area contributed by atoms with Crippen LogP contribution in [0.4, 0.5) is 11.6 Å². The number of amides is 1. The fraction of sp³-hybridized carbons (Fsp3) is 0.125. The molecule has 9 heteroatoms. The Bertz CT molecular complexity index is 935. The second kappa shape index (κ2) is 6.11. The van der Waals surface area contributed by atoms with Gasteiger partial charge in [-0.2, -0.15) is 4.68 Å². The van der Waals surface area contributed by atoms with Gasteiger partial charge >= 0.3 is 0 Å². The maximum atomic E-state index is 13.0. The van der Waals surface area contributed by atoms with Gasteiger partial charge in [0.25, 0.3) is 5.91 Å². The van der Waals surface area contributed by atoms with Gasteiger partial charge in [-0.25, -0.2) is 0 Å². The number of allylic oxidation sites excluding steroid dienone is 1. The largest absolute Gasteiger partial charge is 0.326 e. The third-order valence-electron chi connectivity index (χ3n) is 3.88. The Labute approximate surface area is 142 Å². The number of nitrogens with zero attached hydrogens (tertiary/aromatic N) is 6. The molecule has 1 aliphatic heterocycles. The van der Waals surface area contributed by atoms with Crippen LogP contribution in [-0.4, -0.2) is 36.1 Å². The standard InChI is InChI=1S/C16H14N8O/c1-10-13(15(25)20-12-5-3-7-18-9-12)14(11-4-2-6-17-8-11)24-16(19-10)21-22-23-24/h2-9,14H,1H3,(H,20,25)(H,19,21,23)/t14-/m0/s1. The van der Waals surface area contributed by atoms with E-state index < -0.39 is 6.04 Å². The van der Waals surface area contributed by atoms with Gasteiger partial charge in [-0.15, -0.1) is 0 Å². The molecular formula is C16H14N8O. The lowest BCUT2D eigenvalue weighted by Gasteiger charge is -2.27. The van der Waals surface area contributed by atoms with Gasteiger partial charge in [-0.05, 0) is 41.1 Å². The summed E-state index contributed by atoms with van der Waals surface area (Å²) in [6, 6.07) is 6.76. The van der Waals surface area contributed by atoms with Crippen molar-refractivity contribution in [3.63, 3.8) is 0 Å². The van der Waals surface area contributed by atoms with Crippen LogP contribution < -0.4 is 10.6 Å². The van der Waals surface area contributed by atoms with Crippen molar-refractivity contribution < 1.29 is 4.79 Å². The highest BCUT2D eigenvalue weighted by Gasteiger charge is 2.34. The minimum atomic E-state index is -0.475. The highest BCUT2D eigenvalue weighted by Crippen LogP contribution is 2.34. The van der Waals surface area contributed by atoms with E-state index in [2.05, 4.69) is 36.1 Å². The first-order valence-corrected chi connectivity index (χ1v) is 7.61. The van der Waals surface area contributed by atoms with Crippen molar-refractivity contribution in [3.8, 4) is 0 Å². The SMILES string of the molecule is CC1=C(C(=O)Nc2cccnc2)[C@H](c2cccnc2)n2nnnc2N1. The molecule has 3 aromatic heterocycles. The quantitative estimate of drug-likeness (QED) is 0.744. The number of nitrogens with one attached hydrogen (secondary N) is 2. The molecule has 0 saturated heterocycles. The number of carbonyl (C=O) groups excluding carboxylic acids is 1. The fourth-order valence-corrected chi connectivity index (χ4v) is 2.79. The number of pyridine rings is 2. The van der Waals surface area contributed by atoms with E-state index in [1.54, 1.807) is 41.6 Å². The van der Waals surface area contributed by atoms with Crippen LogP contribution >= 0.6 is 0 Å². The van der Waals surface area contributed by atoms with E-state index in [0.717, 1.165) is 5.56 Å². The van der Waals surface area contributed by atoms with Gasteiger partial charge in [0.2, 0.25) is 5.95 Å². The molecule has 0 spiro atoms.